The van der Waals surface area contributed by atoms with Gasteiger partial charge in [-0.2, -0.15) is 9.61 Å². The minimum atomic E-state index is -0.680. The summed E-state index contributed by atoms with van der Waals surface area (Å²) in [5, 5.41) is 27.1. The molecule has 3 rings (SSSR count). The zero-order chi connectivity index (χ0) is 15.7. The molecule has 1 unspecified atom stereocenters. The van der Waals surface area contributed by atoms with Crippen LogP contribution in [0.1, 0.15) is 23.1 Å². The topological polar surface area (TPSA) is 82.7 Å². The number of aromatic hydroxyl groups is 1. The second-order valence-electron chi connectivity index (χ2n) is 5.33. The van der Waals surface area contributed by atoms with Gasteiger partial charge in [-0.25, -0.2) is 4.98 Å². The van der Waals surface area contributed by atoms with Gasteiger partial charge in [-0.05, 0) is 31.5 Å². The molecule has 6 heteroatoms. The number of hydrogen-bond acceptors (Lipinski definition) is 5. The van der Waals surface area contributed by atoms with E-state index in [0.29, 0.717) is 6.54 Å². The summed E-state index contributed by atoms with van der Waals surface area (Å²) < 4.78 is 1.73. The number of rotatable bonds is 4. The van der Waals surface area contributed by atoms with Gasteiger partial charge in [0.05, 0.1) is 11.8 Å². The highest BCUT2D eigenvalue weighted by Crippen LogP contribution is 2.19. The SMILES string of the molecule is Cc1cc(NCC(O)c2ccc(O)cc2)n2nc(C)cc2n1. The number of nitrogens with zero attached hydrogens (tertiary/aromatic N) is 3. The second-order valence-corrected chi connectivity index (χ2v) is 5.33. The number of benzene rings is 1. The molecule has 2 aromatic heterocycles. The predicted octanol–water partition coefficient (Wildman–Crippen LogP) is 2.20. The van der Waals surface area contributed by atoms with E-state index in [-0.39, 0.29) is 5.75 Å². The predicted molar refractivity (Wildman–Crippen MR) is 84.0 cm³/mol. The van der Waals surface area contributed by atoms with E-state index < -0.39 is 6.10 Å². The first kappa shape index (κ1) is 14.3. The first-order valence-electron chi connectivity index (χ1n) is 7.08. The lowest BCUT2D eigenvalue weighted by atomic mass is 10.1. The average molecular weight is 298 g/mol. The molecule has 6 nitrogen and oxygen atoms in total. The summed E-state index contributed by atoms with van der Waals surface area (Å²) in [6.45, 7) is 4.17. The fourth-order valence-corrected chi connectivity index (χ4v) is 2.36. The van der Waals surface area contributed by atoms with Crippen molar-refractivity contribution >= 4 is 11.5 Å². The highest BCUT2D eigenvalue weighted by molar-refractivity contribution is 5.50. The first-order valence-corrected chi connectivity index (χ1v) is 7.08. The number of anilines is 1. The number of fused-ring (bicyclic) bond motifs is 1. The highest BCUT2D eigenvalue weighted by Gasteiger charge is 2.10. The zero-order valence-electron chi connectivity index (χ0n) is 12.5. The molecule has 22 heavy (non-hydrogen) atoms. The van der Waals surface area contributed by atoms with Crippen molar-refractivity contribution in [3.63, 3.8) is 0 Å². The van der Waals surface area contributed by atoms with Crippen LogP contribution in [0.2, 0.25) is 0 Å². The van der Waals surface area contributed by atoms with Crippen LogP contribution in [0.15, 0.2) is 36.4 Å². The minimum Gasteiger partial charge on any atom is -0.508 e. The maximum Gasteiger partial charge on any atom is 0.157 e. The molecule has 0 radical (unpaired) electrons. The number of aryl methyl sites for hydroxylation is 2. The van der Waals surface area contributed by atoms with Gasteiger partial charge in [0.1, 0.15) is 11.6 Å². The number of aromatic nitrogens is 3. The van der Waals surface area contributed by atoms with Gasteiger partial charge in [0.2, 0.25) is 0 Å². The lowest BCUT2D eigenvalue weighted by Gasteiger charge is -2.14. The quantitative estimate of drug-likeness (QED) is 0.688. The molecule has 114 valence electrons. The van der Waals surface area contributed by atoms with Crippen LogP contribution in [0.3, 0.4) is 0 Å². The van der Waals surface area contributed by atoms with Crippen LogP contribution in [-0.4, -0.2) is 31.4 Å². The number of phenols is 1. The molecule has 2 heterocycles. The Morgan fingerprint density at radius 3 is 2.59 bits per heavy atom. The summed E-state index contributed by atoms with van der Waals surface area (Å²) in [7, 11) is 0. The Morgan fingerprint density at radius 1 is 1.14 bits per heavy atom. The summed E-state index contributed by atoms with van der Waals surface area (Å²) in [6, 6.07) is 10.3. The number of aliphatic hydroxyl groups is 1. The Bertz CT molecular complexity index is 796. The van der Waals surface area contributed by atoms with Crippen molar-refractivity contribution in [2.24, 2.45) is 0 Å². The molecule has 0 aliphatic carbocycles. The Balaban J connectivity index is 1.80. The van der Waals surface area contributed by atoms with Crippen molar-refractivity contribution in [2.75, 3.05) is 11.9 Å². The van der Waals surface area contributed by atoms with Crippen molar-refractivity contribution < 1.29 is 10.2 Å². The van der Waals surface area contributed by atoms with Gasteiger partial charge in [0.15, 0.2) is 5.65 Å². The normalized spacial score (nSPS) is 12.5. The van der Waals surface area contributed by atoms with Crippen molar-refractivity contribution in [1.82, 2.24) is 14.6 Å². The van der Waals surface area contributed by atoms with Gasteiger partial charge in [0, 0.05) is 24.4 Å². The molecule has 0 spiro atoms. The van der Waals surface area contributed by atoms with E-state index in [4.69, 9.17) is 0 Å². The van der Waals surface area contributed by atoms with Crippen molar-refractivity contribution in [3.8, 4) is 5.75 Å². The molecule has 0 amide bonds. The van der Waals surface area contributed by atoms with Crippen LogP contribution in [-0.2, 0) is 0 Å². The van der Waals surface area contributed by atoms with Crippen LogP contribution in [0.5, 0.6) is 5.75 Å². The lowest BCUT2D eigenvalue weighted by Crippen LogP contribution is -2.15. The standard InChI is InChI=1S/C16H18N4O2/c1-10-7-15(20-16(18-10)8-11(2)19-20)17-9-14(22)12-3-5-13(21)6-4-12/h3-8,14,17,21-22H,9H2,1-2H3. The average Bonchev–Trinajstić information content (AvgIpc) is 2.85. The number of aliphatic hydroxyl groups excluding tert-OH is 1. The Hall–Kier alpha value is -2.60. The van der Waals surface area contributed by atoms with Gasteiger partial charge in [-0.3, -0.25) is 0 Å². The highest BCUT2D eigenvalue weighted by atomic mass is 16.3. The summed E-state index contributed by atoms with van der Waals surface area (Å²) in [5.41, 5.74) is 3.29. The monoisotopic (exact) mass is 298 g/mol. The third-order valence-corrected chi connectivity index (χ3v) is 3.43. The Morgan fingerprint density at radius 2 is 1.86 bits per heavy atom. The second kappa shape index (κ2) is 5.65. The van der Waals surface area contributed by atoms with Crippen LogP contribution >= 0.6 is 0 Å². The molecule has 3 aromatic rings. The van der Waals surface area contributed by atoms with Crippen molar-refractivity contribution in [3.05, 3.63) is 53.3 Å². The Labute approximate surface area is 128 Å². The lowest BCUT2D eigenvalue weighted by molar-refractivity contribution is 0.191. The Kier molecular flexibility index (Phi) is 3.68. The van der Waals surface area contributed by atoms with Crippen molar-refractivity contribution in [2.45, 2.75) is 20.0 Å². The van der Waals surface area contributed by atoms with Crippen molar-refractivity contribution in [1.29, 1.82) is 0 Å². The summed E-state index contributed by atoms with van der Waals surface area (Å²) >= 11 is 0. The van der Waals surface area contributed by atoms with Gasteiger partial charge in [-0.15, -0.1) is 0 Å². The number of nitrogens with one attached hydrogen (secondary N) is 1. The maximum absolute atomic E-state index is 10.2. The van der Waals surface area contributed by atoms with E-state index in [1.54, 1.807) is 28.8 Å². The zero-order valence-corrected chi connectivity index (χ0v) is 12.5. The van der Waals surface area contributed by atoms with Gasteiger partial charge >= 0.3 is 0 Å². The minimum absolute atomic E-state index is 0.183. The van der Waals surface area contributed by atoms with Gasteiger partial charge in [-0.1, -0.05) is 12.1 Å². The molecule has 1 atom stereocenters. The third kappa shape index (κ3) is 2.87. The van der Waals surface area contributed by atoms with Crippen LogP contribution in [0.25, 0.3) is 5.65 Å². The molecule has 0 bridgehead atoms. The van der Waals surface area contributed by atoms with E-state index in [1.165, 1.54) is 0 Å². The van der Waals surface area contributed by atoms with E-state index in [1.807, 2.05) is 26.0 Å². The largest absolute Gasteiger partial charge is 0.508 e. The maximum atomic E-state index is 10.2. The summed E-state index contributed by atoms with van der Waals surface area (Å²) in [4.78, 5) is 4.42. The van der Waals surface area contributed by atoms with E-state index in [2.05, 4.69) is 15.4 Å². The van der Waals surface area contributed by atoms with E-state index in [9.17, 15) is 10.2 Å². The third-order valence-electron chi connectivity index (χ3n) is 3.43. The van der Waals surface area contributed by atoms with Crippen LogP contribution in [0, 0.1) is 13.8 Å². The van der Waals surface area contributed by atoms with E-state index >= 15 is 0 Å². The van der Waals surface area contributed by atoms with Crippen LogP contribution in [0.4, 0.5) is 5.82 Å². The first-order chi connectivity index (χ1) is 10.5. The molecule has 0 aliphatic rings. The van der Waals surface area contributed by atoms with Gasteiger partial charge in [0.25, 0.3) is 0 Å². The molecule has 1 aromatic carbocycles. The fraction of sp³-hybridized carbons (Fsp3) is 0.250. The molecule has 3 N–H and O–H groups in total. The number of phenolic OH excluding ortho intramolecular Hbond substituents is 1. The molecule has 0 aliphatic heterocycles. The fourth-order valence-electron chi connectivity index (χ4n) is 2.36. The molecular formula is C16H18N4O2. The molecule has 0 fully saturated rings. The smallest absolute Gasteiger partial charge is 0.157 e. The molecular weight excluding hydrogens is 280 g/mol. The van der Waals surface area contributed by atoms with Crippen LogP contribution < -0.4 is 5.32 Å². The number of hydrogen-bond donors (Lipinski definition) is 3. The van der Waals surface area contributed by atoms with E-state index in [0.717, 1.165) is 28.4 Å². The van der Waals surface area contributed by atoms with Gasteiger partial charge < -0.3 is 15.5 Å². The molecule has 0 saturated carbocycles. The molecule has 0 saturated heterocycles. The summed E-state index contributed by atoms with van der Waals surface area (Å²) in [6.07, 6.45) is -0.680. The summed E-state index contributed by atoms with van der Waals surface area (Å²) in [5.74, 6) is 0.968.